The fourth-order valence-electron chi connectivity index (χ4n) is 2.96. The second-order valence-corrected chi connectivity index (χ2v) is 5.72. The Labute approximate surface area is 124 Å². The van der Waals surface area contributed by atoms with Crippen LogP contribution in [0.2, 0.25) is 0 Å². The number of morpholine rings is 1. The minimum atomic E-state index is -0.154. The number of aryl methyl sites for hydroxylation is 1. The van der Waals surface area contributed by atoms with Crippen molar-refractivity contribution in [3.8, 4) is 0 Å². The third-order valence-corrected chi connectivity index (χ3v) is 3.81. The Hall–Kier alpha value is -1.85. The Bertz CT molecular complexity index is 659. The van der Waals surface area contributed by atoms with Gasteiger partial charge < -0.3 is 20.5 Å². The molecule has 1 fully saturated rings. The standard InChI is InChI=1S/C16H21N3O2/c1-10-5-16(14-6-12(17)3-4-15(14)18-10)19-7-11(2)21-13(8-19)9-20/h3-6,11,13,20H,7-9,17H2,1-2H3. The summed E-state index contributed by atoms with van der Waals surface area (Å²) in [6.45, 7) is 5.52. The Kier molecular flexibility index (Phi) is 3.69. The van der Waals surface area contributed by atoms with Crippen molar-refractivity contribution in [3.05, 3.63) is 30.0 Å². The van der Waals surface area contributed by atoms with E-state index in [1.807, 2.05) is 32.0 Å². The Morgan fingerprint density at radius 2 is 2.19 bits per heavy atom. The zero-order chi connectivity index (χ0) is 15.0. The Morgan fingerprint density at radius 1 is 1.38 bits per heavy atom. The van der Waals surface area contributed by atoms with Crippen LogP contribution in [-0.4, -0.2) is 42.0 Å². The minimum absolute atomic E-state index is 0.0327. The highest BCUT2D eigenvalue weighted by atomic mass is 16.5. The monoisotopic (exact) mass is 287 g/mol. The van der Waals surface area contributed by atoms with Crippen LogP contribution in [0, 0.1) is 6.92 Å². The maximum absolute atomic E-state index is 9.40. The summed E-state index contributed by atoms with van der Waals surface area (Å²) in [5, 5.41) is 10.4. The highest BCUT2D eigenvalue weighted by Crippen LogP contribution is 2.30. The average molecular weight is 287 g/mol. The SMILES string of the molecule is Cc1cc(N2CC(C)OC(CO)C2)c2cc(N)ccc2n1. The summed E-state index contributed by atoms with van der Waals surface area (Å²) < 4.78 is 5.72. The average Bonchev–Trinajstić information content (AvgIpc) is 2.46. The van der Waals surface area contributed by atoms with Crippen molar-refractivity contribution in [1.29, 1.82) is 0 Å². The number of benzene rings is 1. The molecule has 0 bridgehead atoms. The van der Waals surface area contributed by atoms with Crippen LogP contribution < -0.4 is 10.6 Å². The highest BCUT2D eigenvalue weighted by Gasteiger charge is 2.26. The molecule has 0 amide bonds. The lowest BCUT2D eigenvalue weighted by molar-refractivity contribution is -0.0420. The van der Waals surface area contributed by atoms with Gasteiger partial charge >= 0.3 is 0 Å². The number of fused-ring (bicyclic) bond motifs is 1. The van der Waals surface area contributed by atoms with E-state index in [1.54, 1.807) is 0 Å². The highest BCUT2D eigenvalue weighted by molar-refractivity contribution is 5.94. The lowest BCUT2D eigenvalue weighted by Crippen LogP contribution is -2.48. The number of aromatic nitrogens is 1. The molecular weight excluding hydrogens is 266 g/mol. The third-order valence-electron chi connectivity index (χ3n) is 3.81. The van der Waals surface area contributed by atoms with Gasteiger partial charge in [0.25, 0.3) is 0 Å². The number of hydrogen-bond donors (Lipinski definition) is 2. The first kappa shape index (κ1) is 14.1. The molecule has 0 aliphatic carbocycles. The quantitative estimate of drug-likeness (QED) is 0.823. The van der Waals surface area contributed by atoms with Crippen LogP contribution in [0.15, 0.2) is 24.3 Å². The van der Waals surface area contributed by atoms with E-state index >= 15 is 0 Å². The molecule has 5 nitrogen and oxygen atoms in total. The number of nitrogens with two attached hydrogens (primary N) is 1. The van der Waals surface area contributed by atoms with E-state index in [1.165, 1.54) is 0 Å². The predicted octanol–water partition coefficient (Wildman–Crippen LogP) is 1.71. The number of ether oxygens (including phenoxy) is 1. The van der Waals surface area contributed by atoms with Gasteiger partial charge in [-0.3, -0.25) is 4.98 Å². The van der Waals surface area contributed by atoms with Crippen LogP contribution in [-0.2, 0) is 4.74 Å². The normalized spacial score (nSPS) is 22.7. The number of nitrogen functional groups attached to an aromatic ring is 1. The fourth-order valence-corrected chi connectivity index (χ4v) is 2.96. The molecule has 2 atom stereocenters. The van der Waals surface area contributed by atoms with Gasteiger partial charge in [0, 0.05) is 35.5 Å². The summed E-state index contributed by atoms with van der Waals surface area (Å²) in [5.41, 5.74) is 9.69. The predicted molar refractivity (Wildman–Crippen MR) is 84.5 cm³/mol. The molecule has 3 rings (SSSR count). The van der Waals surface area contributed by atoms with Crippen LogP contribution in [0.5, 0.6) is 0 Å². The molecule has 112 valence electrons. The number of rotatable bonds is 2. The van der Waals surface area contributed by atoms with Crippen molar-refractivity contribution in [2.24, 2.45) is 0 Å². The molecule has 1 aliphatic rings. The fraction of sp³-hybridized carbons (Fsp3) is 0.438. The van der Waals surface area contributed by atoms with E-state index in [0.717, 1.165) is 34.5 Å². The van der Waals surface area contributed by atoms with Crippen molar-refractivity contribution in [2.45, 2.75) is 26.1 Å². The molecule has 1 saturated heterocycles. The smallest absolute Gasteiger partial charge is 0.0984 e. The second-order valence-electron chi connectivity index (χ2n) is 5.72. The summed E-state index contributed by atoms with van der Waals surface area (Å²) in [6.07, 6.45) is -0.0705. The number of anilines is 2. The summed E-state index contributed by atoms with van der Waals surface area (Å²) in [7, 11) is 0. The molecule has 3 N–H and O–H groups in total. The maximum Gasteiger partial charge on any atom is 0.0984 e. The molecule has 0 saturated carbocycles. The van der Waals surface area contributed by atoms with E-state index in [4.69, 9.17) is 10.5 Å². The third kappa shape index (κ3) is 2.80. The first-order chi connectivity index (χ1) is 10.1. The summed E-state index contributed by atoms with van der Waals surface area (Å²) in [4.78, 5) is 6.82. The van der Waals surface area contributed by atoms with Gasteiger partial charge in [-0.2, -0.15) is 0 Å². The molecule has 5 heteroatoms. The Balaban J connectivity index is 2.08. The number of pyridine rings is 1. The largest absolute Gasteiger partial charge is 0.399 e. The van der Waals surface area contributed by atoms with Gasteiger partial charge in [0.15, 0.2) is 0 Å². The molecule has 2 aromatic rings. The lowest BCUT2D eigenvalue weighted by atomic mass is 10.1. The van der Waals surface area contributed by atoms with Gasteiger partial charge in [0.2, 0.25) is 0 Å². The first-order valence-electron chi connectivity index (χ1n) is 7.25. The number of nitrogens with zero attached hydrogens (tertiary/aromatic N) is 2. The zero-order valence-corrected chi connectivity index (χ0v) is 12.4. The maximum atomic E-state index is 9.40. The van der Waals surface area contributed by atoms with Crippen LogP contribution in [0.25, 0.3) is 10.9 Å². The molecule has 1 aliphatic heterocycles. The van der Waals surface area contributed by atoms with Gasteiger partial charge in [0.05, 0.1) is 24.3 Å². The van der Waals surface area contributed by atoms with Gasteiger partial charge in [-0.1, -0.05) is 0 Å². The molecular formula is C16H21N3O2. The number of aliphatic hydroxyl groups is 1. The van der Waals surface area contributed by atoms with Crippen LogP contribution in [0.4, 0.5) is 11.4 Å². The zero-order valence-electron chi connectivity index (χ0n) is 12.4. The summed E-state index contributed by atoms with van der Waals surface area (Å²) in [5.74, 6) is 0. The first-order valence-corrected chi connectivity index (χ1v) is 7.25. The van der Waals surface area contributed by atoms with Gasteiger partial charge in [0.1, 0.15) is 0 Å². The van der Waals surface area contributed by atoms with E-state index in [9.17, 15) is 5.11 Å². The molecule has 0 spiro atoms. The van der Waals surface area contributed by atoms with E-state index in [-0.39, 0.29) is 18.8 Å². The van der Waals surface area contributed by atoms with Crippen LogP contribution >= 0.6 is 0 Å². The van der Waals surface area contributed by atoms with Crippen molar-refractivity contribution in [2.75, 3.05) is 30.3 Å². The van der Waals surface area contributed by atoms with Crippen molar-refractivity contribution in [1.82, 2.24) is 4.98 Å². The lowest BCUT2D eigenvalue weighted by Gasteiger charge is -2.38. The molecule has 1 aromatic carbocycles. The molecule has 0 radical (unpaired) electrons. The number of aliphatic hydroxyl groups excluding tert-OH is 1. The van der Waals surface area contributed by atoms with Gasteiger partial charge in [-0.25, -0.2) is 0 Å². The van der Waals surface area contributed by atoms with Gasteiger partial charge in [-0.15, -0.1) is 0 Å². The van der Waals surface area contributed by atoms with Crippen molar-refractivity contribution in [3.63, 3.8) is 0 Å². The summed E-state index contributed by atoms with van der Waals surface area (Å²) >= 11 is 0. The number of hydrogen-bond acceptors (Lipinski definition) is 5. The summed E-state index contributed by atoms with van der Waals surface area (Å²) in [6, 6.07) is 7.87. The molecule has 1 aromatic heterocycles. The molecule has 2 heterocycles. The van der Waals surface area contributed by atoms with E-state index < -0.39 is 0 Å². The topological polar surface area (TPSA) is 71.6 Å². The molecule has 21 heavy (non-hydrogen) atoms. The Morgan fingerprint density at radius 3 is 2.95 bits per heavy atom. The van der Waals surface area contributed by atoms with E-state index in [2.05, 4.69) is 16.0 Å². The second kappa shape index (κ2) is 5.50. The van der Waals surface area contributed by atoms with E-state index in [0.29, 0.717) is 6.54 Å². The van der Waals surface area contributed by atoms with Crippen molar-refractivity contribution >= 4 is 22.3 Å². The van der Waals surface area contributed by atoms with Crippen molar-refractivity contribution < 1.29 is 9.84 Å². The van der Waals surface area contributed by atoms with Crippen LogP contribution in [0.3, 0.4) is 0 Å². The van der Waals surface area contributed by atoms with Gasteiger partial charge in [-0.05, 0) is 38.1 Å². The van der Waals surface area contributed by atoms with Crippen LogP contribution in [0.1, 0.15) is 12.6 Å². The minimum Gasteiger partial charge on any atom is -0.399 e. The molecule has 2 unspecified atom stereocenters.